The molecule has 0 aliphatic rings. The minimum Gasteiger partial charge on any atom is -0.396 e. The predicted octanol–water partition coefficient (Wildman–Crippen LogP) is -2.56. The number of hydrogen-bond acceptors (Lipinski definition) is 7. The highest BCUT2D eigenvalue weighted by Gasteiger charge is 1.93. The zero-order valence-electron chi connectivity index (χ0n) is 10.4. The molecule has 0 saturated heterocycles. The lowest BCUT2D eigenvalue weighted by Crippen LogP contribution is -2.15. The molecule has 2 atom stereocenters. The van der Waals surface area contributed by atoms with Crippen molar-refractivity contribution in [2.45, 2.75) is 38.6 Å². The highest BCUT2D eigenvalue weighted by atomic mass is 16.3. The van der Waals surface area contributed by atoms with Gasteiger partial charge in [-0.05, 0) is 20.3 Å². The van der Waals surface area contributed by atoms with Crippen LogP contribution in [-0.4, -0.2) is 80.5 Å². The lowest BCUT2D eigenvalue weighted by molar-refractivity contribution is 0.0450. The third kappa shape index (κ3) is 38.9. The van der Waals surface area contributed by atoms with Gasteiger partial charge in [-0.2, -0.15) is 0 Å². The van der Waals surface area contributed by atoms with E-state index in [4.69, 9.17) is 35.7 Å². The molecule has 7 nitrogen and oxygen atoms in total. The molecule has 108 valence electrons. The van der Waals surface area contributed by atoms with Crippen LogP contribution in [0.3, 0.4) is 0 Å². The molecule has 0 rings (SSSR count). The second-order valence-corrected chi connectivity index (χ2v) is 3.41. The van der Waals surface area contributed by atoms with Gasteiger partial charge in [0.25, 0.3) is 0 Å². The summed E-state index contributed by atoms with van der Waals surface area (Å²) in [6.07, 6.45) is -1.38. The van der Waals surface area contributed by atoms with Crippen LogP contribution in [0.15, 0.2) is 0 Å². The largest absolute Gasteiger partial charge is 0.396 e. The van der Waals surface area contributed by atoms with Crippen molar-refractivity contribution in [3.8, 4) is 0 Å². The topological polar surface area (TPSA) is 142 Å². The van der Waals surface area contributed by atoms with E-state index in [1.165, 1.54) is 6.92 Å². The SMILES string of the molecule is CC(O)CCO.CC(O)CO.OCC(O)CO. The van der Waals surface area contributed by atoms with Gasteiger partial charge in [-0.3, -0.25) is 0 Å². The van der Waals surface area contributed by atoms with Crippen molar-refractivity contribution in [2.75, 3.05) is 26.4 Å². The average molecular weight is 258 g/mol. The molecule has 0 aliphatic carbocycles. The van der Waals surface area contributed by atoms with Gasteiger partial charge in [-0.1, -0.05) is 0 Å². The molecule has 0 aromatic heterocycles. The van der Waals surface area contributed by atoms with E-state index in [0.29, 0.717) is 6.42 Å². The van der Waals surface area contributed by atoms with E-state index >= 15 is 0 Å². The van der Waals surface area contributed by atoms with Crippen molar-refractivity contribution in [3.63, 3.8) is 0 Å². The Morgan fingerprint density at radius 1 is 0.706 bits per heavy atom. The maximum Gasteiger partial charge on any atom is 0.100 e. The molecular weight excluding hydrogens is 232 g/mol. The van der Waals surface area contributed by atoms with E-state index in [1.807, 2.05) is 0 Å². The predicted molar refractivity (Wildman–Crippen MR) is 62.3 cm³/mol. The second kappa shape index (κ2) is 18.1. The van der Waals surface area contributed by atoms with Crippen molar-refractivity contribution in [2.24, 2.45) is 0 Å². The van der Waals surface area contributed by atoms with Gasteiger partial charge in [0.1, 0.15) is 6.10 Å². The molecule has 7 heteroatoms. The Kier molecular flexibility index (Phi) is 23.4. The molecular formula is C10H26O7. The molecule has 0 spiro atoms. The van der Waals surface area contributed by atoms with E-state index in [9.17, 15) is 0 Å². The second-order valence-electron chi connectivity index (χ2n) is 3.41. The van der Waals surface area contributed by atoms with Crippen LogP contribution >= 0.6 is 0 Å². The highest BCUT2D eigenvalue weighted by Crippen LogP contribution is 1.83. The Bertz CT molecular complexity index is 115. The highest BCUT2D eigenvalue weighted by molar-refractivity contribution is 4.44. The number of hydrogen-bond donors (Lipinski definition) is 7. The van der Waals surface area contributed by atoms with Crippen molar-refractivity contribution in [3.05, 3.63) is 0 Å². The summed E-state index contributed by atoms with van der Waals surface area (Å²) in [4.78, 5) is 0. The summed E-state index contributed by atoms with van der Waals surface area (Å²) in [5.74, 6) is 0. The minimum absolute atomic E-state index is 0.0810. The Balaban J connectivity index is -0.000000174. The van der Waals surface area contributed by atoms with Gasteiger partial charge in [0.2, 0.25) is 0 Å². The molecule has 17 heavy (non-hydrogen) atoms. The van der Waals surface area contributed by atoms with Gasteiger partial charge < -0.3 is 35.7 Å². The van der Waals surface area contributed by atoms with Crippen LogP contribution in [0.25, 0.3) is 0 Å². The first-order valence-corrected chi connectivity index (χ1v) is 5.33. The van der Waals surface area contributed by atoms with Crippen LogP contribution in [-0.2, 0) is 0 Å². The molecule has 0 bridgehead atoms. The lowest BCUT2D eigenvalue weighted by Gasteiger charge is -1.96. The van der Waals surface area contributed by atoms with Gasteiger partial charge in [0.05, 0.1) is 32.0 Å². The normalized spacial score (nSPS) is 13.1. The summed E-state index contributed by atoms with van der Waals surface area (Å²) in [7, 11) is 0. The van der Waals surface area contributed by atoms with Crippen molar-refractivity contribution in [1.29, 1.82) is 0 Å². The Hall–Kier alpha value is -0.280. The molecule has 0 radical (unpaired) electrons. The van der Waals surface area contributed by atoms with E-state index in [1.54, 1.807) is 6.92 Å². The zero-order valence-corrected chi connectivity index (χ0v) is 10.4. The summed E-state index contributed by atoms with van der Waals surface area (Å²) in [6, 6.07) is 0. The molecule has 0 aliphatic heterocycles. The smallest absolute Gasteiger partial charge is 0.100 e. The first kappa shape index (κ1) is 21.9. The molecule has 0 amide bonds. The van der Waals surface area contributed by atoms with E-state index in [0.717, 1.165) is 0 Å². The molecule has 0 aromatic carbocycles. The van der Waals surface area contributed by atoms with Gasteiger partial charge in [0.15, 0.2) is 0 Å². The quantitative estimate of drug-likeness (QED) is 0.287. The maximum absolute atomic E-state index is 8.39. The van der Waals surface area contributed by atoms with E-state index in [2.05, 4.69) is 0 Å². The Labute approximate surface area is 102 Å². The summed E-state index contributed by atoms with van der Waals surface area (Å²) >= 11 is 0. The average Bonchev–Trinajstić information content (AvgIpc) is 2.29. The first-order chi connectivity index (χ1) is 7.85. The molecule has 7 N–H and O–H groups in total. The number of aliphatic hydroxyl groups is 7. The summed E-state index contributed by atoms with van der Waals surface area (Å²) in [5, 5.41) is 56.5. The lowest BCUT2D eigenvalue weighted by atomic mass is 10.3. The third-order valence-electron chi connectivity index (χ3n) is 1.23. The van der Waals surface area contributed by atoms with Crippen LogP contribution in [0.2, 0.25) is 0 Å². The zero-order chi connectivity index (χ0) is 14.3. The molecule has 0 aromatic rings. The number of rotatable bonds is 5. The Morgan fingerprint density at radius 2 is 1.06 bits per heavy atom. The standard InChI is InChI=1S/C4H10O2.C3H8O3.C3H8O2/c1-4(6)2-3-5;4-1-3(6)2-5;1-3(5)2-4/h4-6H,2-3H2,1H3;3-6H,1-2H2;3-5H,2H2,1H3. The molecule has 0 fully saturated rings. The van der Waals surface area contributed by atoms with Crippen molar-refractivity contribution in [1.82, 2.24) is 0 Å². The monoisotopic (exact) mass is 258 g/mol. The number of aliphatic hydroxyl groups excluding tert-OH is 7. The minimum atomic E-state index is -0.954. The summed E-state index contributed by atoms with van der Waals surface area (Å²) in [5.41, 5.74) is 0. The van der Waals surface area contributed by atoms with Gasteiger partial charge in [-0.15, -0.1) is 0 Å². The van der Waals surface area contributed by atoms with Gasteiger partial charge >= 0.3 is 0 Å². The fraction of sp³-hybridized carbons (Fsp3) is 1.00. The summed E-state index contributed by atoms with van der Waals surface area (Å²) < 4.78 is 0. The van der Waals surface area contributed by atoms with Crippen LogP contribution in [0.4, 0.5) is 0 Å². The van der Waals surface area contributed by atoms with E-state index < -0.39 is 12.2 Å². The Morgan fingerprint density at radius 3 is 1.06 bits per heavy atom. The van der Waals surface area contributed by atoms with Crippen LogP contribution in [0.5, 0.6) is 0 Å². The summed E-state index contributed by atoms with van der Waals surface area (Å²) in [6.45, 7) is 2.39. The molecule has 2 unspecified atom stereocenters. The van der Waals surface area contributed by atoms with Crippen molar-refractivity contribution < 1.29 is 35.7 Å². The maximum atomic E-state index is 8.39. The van der Waals surface area contributed by atoms with Gasteiger partial charge in [0, 0.05) is 6.61 Å². The first-order valence-electron chi connectivity index (χ1n) is 5.33. The van der Waals surface area contributed by atoms with Crippen molar-refractivity contribution >= 4 is 0 Å². The van der Waals surface area contributed by atoms with E-state index in [-0.39, 0.29) is 32.5 Å². The van der Waals surface area contributed by atoms with Crippen LogP contribution in [0.1, 0.15) is 20.3 Å². The van der Waals surface area contributed by atoms with Gasteiger partial charge in [-0.25, -0.2) is 0 Å². The van der Waals surface area contributed by atoms with Crippen LogP contribution < -0.4 is 0 Å². The molecule has 0 saturated carbocycles. The fourth-order valence-corrected chi connectivity index (χ4v) is 0.245. The van der Waals surface area contributed by atoms with Crippen LogP contribution in [0, 0.1) is 0 Å². The fourth-order valence-electron chi connectivity index (χ4n) is 0.245. The third-order valence-corrected chi connectivity index (χ3v) is 1.23. The molecule has 0 heterocycles.